The number of nitrogens with zero attached hydrogens (tertiary/aromatic N) is 4. The van der Waals surface area contributed by atoms with E-state index >= 15 is 0 Å². The van der Waals surface area contributed by atoms with Crippen molar-refractivity contribution in [1.29, 1.82) is 0 Å². The van der Waals surface area contributed by atoms with Crippen LogP contribution in [0, 0.1) is 18.3 Å². The summed E-state index contributed by atoms with van der Waals surface area (Å²) >= 11 is 0. The van der Waals surface area contributed by atoms with Gasteiger partial charge >= 0.3 is 0 Å². The van der Waals surface area contributed by atoms with Crippen molar-refractivity contribution in [1.82, 2.24) is 15.3 Å². The van der Waals surface area contributed by atoms with Crippen LogP contribution >= 0.6 is 0 Å². The van der Waals surface area contributed by atoms with Crippen LogP contribution in [0.15, 0.2) is 42.5 Å². The molecule has 180 valence electrons. The Morgan fingerprint density at radius 3 is 2.44 bits per heavy atom. The predicted molar refractivity (Wildman–Crippen MR) is 130 cm³/mol. The summed E-state index contributed by atoms with van der Waals surface area (Å²) in [5.41, 5.74) is 2.64. The zero-order valence-electron chi connectivity index (χ0n) is 20.1. The molecule has 0 aromatic heterocycles. The number of halogens is 1. The molecule has 0 atom stereocenters. The van der Waals surface area contributed by atoms with Crippen LogP contribution in [0.3, 0.4) is 0 Å². The van der Waals surface area contributed by atoms with E-state index in [2.05, 4.69) is 24.0 Å². The van der Waals surface area contributed by atoms with Crippen molar-refractivity contribution in [2.75, 3.05) is 31.6 Å². The molecular formula is C26H32FN5O2. The average molecular weight is 466 g/mol. The van der Waals surface area contributed by atoms with Crippen LogP contribution < -0.4 is 10.2 Å². The molecule has 0 saturated carbocycles. The molecule has 3 rings (SSSR count). The van der Waals surface area contributed by atoms with Gasteiger partial charge in [0.15, 0.2) is 5.69 Å². The Hall–Kier alpha value is -3.44. The molecule has 34 heavy (non-hydrogen) atoms. The third-order valence-corrected chi connectivity index (χ3v) is 5.95. The highest BCUT2D eigenvalue weighted by molar-refractivity contribution is 5.86. The molecule has 1 aliphatic rings. The first kappa shape index (κ1) is 25.2. The Balaban J connectivity index is 1.71. The van der Waals surface area contributed by atoms with E-state index in [4.69, 9.17) is 6.57 Å². The minimum Gasteiger partial charge on any atom is -0.355 e. The number of fused-ring (bicyclic) bond motifs is 1. The predicted octanol–water partition coefficient (Wildman–Crippen LogP) is 4.12. The lowest BCUT2D eigenvalue weighted by Crippen LogP contribution is -2.48. The SMILES string of the molecule is [C-]#[N+]c1ccc(F)c(N(CC(=O)NCCCC(C)C)CC(=O)N(C)N2Cc3ccccc3C2)c1. The standard InChI is InChI=1S/C26H32FN5O2/c1-19(2)8-7-13-29-25(33)17-31(24-14-22(28-3)11-12-23(24)27)18-26(34)30(4)32-15-20-9-5-6-10-21(20)16-32/h5-6,9-12,14,19H,7-8,13,15-18H2,1-2,4H3,(H,29,33). The smallest absolute Gasteiger partial charge is 0.256 e. The number of anilines is 1. The number of carbonyl (C=O) groups excluding carboxylic acids is 2. The van der Waals surface area contributed by atoms with Gasteiger partial charge < -0.3 is 10.2 Å². The molecule has 8 heteroatoms. The molecule has 0 unspecified atom stereocenters. The second kappa shape index (κ2) is 11.6. The van der Waals surface area contributed by atoms with Crippen LogP contribution in [0.1, 0.15) is 37.8 Å². The summed E-state index contributed by atoms with van der Waals surface area (Å²) in [6.07, 6.45) is 1.84. The van der Waals surface area contributed by atoms with Crippen molar-refractivity contribution in [3.63, 3.8) is 0 Å². The fourth-order valence-corrected chi connectivity index (χ4v) is 3.96. The number of hydrazine groups is 1. The largest absolute Gasteiger partial charge is 0.355 e. The maximum atomic E-state index is 14.7. The van der Waals surface area contributed by atoms with Gasteiger partial charge in [0, 0.05) is 26.7 Å². The summed E-state index contributed by atoms with van der Waals surface area (Å²) in [5, 5.41) is 6.31. The Labute approximate surface area is 200 Å². The van der Waals surface area contributed by atoms with Crippen LogP contribution in [0.25, 0.3) is 4.85 Å². The van der Waals surface area contributed by atoms with Gasteiger partial charge in [0.25, 0.3) is 5.91 Å². The van der Waals surface area contributed by atoms with Crippen LogP contribution in [0.4, 0.5) is 15.8 Å². The lowest BCUT2D eigenvalue weighted by molar-refractivity contribution is -0.145. The first-order valence-electron chi connectivity index (χ1n) is 11.5. The third-order valence-electron chi connectivity index (χ3n) is 5.95. The molecular weight excluding hydrogens is 433 g/mol. The number of benzene rings is 2. The van der Waals surface area contributed by atoms with Gasteiger partial charge in [-0.1, -0.05) is 44.2 Å². The maximum Gasteiger partial charge on any atom is 0.256 e. The number of amides is 2. The zero-order valence-corrected chi connectivity index (χ0v) is 20.1. The van der Waals surface area contributed by atoms with Crippen molar-refractivity contribution in [3.8, 4) is 0 Å². The van der Waals surface area contributed by atoms with E-state index in [0.717, 1.165) is 24.0 Å². The fraction of sp³-hybridized carbons (Fsp3) is 0.423. The number of hydrogen-bond donors (Lipinski definition) is 1. The van der Waals surface area contributed by atoms with Crippen molar-refractivity contribution >= 4 is 23.2 Å². The van der Waals surface area contributed by atoms with Gasteiger partial charge in [-0.2, -0.15) is 0 Å². The first-order chi connectivity index (χ1) is 16.3. The Kier molecular flexibility index (Phi) is 8.61. The van der Waals surface area contributed by atoms with Crippen LogP contribution in [0.2, 0.25) is 0 Å². The van der Waals surface area contributed by atoms with E-state index in [0.29, 0.717) is 25.6 Å². The molecule has 2 aromatic rings. The second-order valence-electron chi connectivity index (χ2n) is 9.00. The van der Waals surface area contributed by atoms with E-state index in [1.165, 1.54) is 28.1 Å². The lowest BCUT2D eigenvalue weighted by atomic mass is 10.1. The minimum absolute atomic E-state index is 0.0669. The Morgan fingerprint density at radius 1 is 1.15 bits per heavy atom. The lowest BCUT2D eigenvalue weighted by Gasteiger charge is -2.31. The molecule has 0 saturated heterocycles. The molecule has 0 fully saturated rings. The summed E-state index contributed by atoms with van der Waals surface area (Å²) in [4.78, 5) is 30.6. The highest BCUT2D eigenvalue weighted by Gasteiger charge is 2.27. The van der Waals surface area contributed by atoms with Crippen LogP contribution in [0.5, 0.6) is 0 Å². The molecule has 2 aromatic carbocycles. The van der Waals surface area contributed by atoms with Gasteiger partial charge in [0.1, 0.15) is 5.82 Å². The summed E-state index contributed by atoms with van der Waals surface area (Å²) in [7, 11) is 1.68. The fourth-order valence-electron chi connectivity index (χ4n) is 3.96. The molecule has 0 radical (unpaired) electrons. The topological polar surface area (TPSA) is 60.3 Å². The summed E-state index contributed by atoms with van der Waals surface area (Å²) < 4.78 is 14.7. The molecule has 0 spiro atoms. The van der Waals surface area contributed by atoms with Gasteiger partial charge in [-0.15, -0.1) is 0 Å². The van der Waals surface area contributed by atoms with Gasteiger partial charge in [0.05, 0.1) is 25.3 Å². The number of rotatable bonds is 10. The Bertz CT molecular complexity index is 1040. The van der Waals surface area contributed by atoms with Gasteiger partial charge in [-0.3, -0.25) is 14.6 Å². The summed E-state index contributed by atoms with van der Waals surface area (Å²) in [6.45, 7) is 12.9. The van der Waals surface area contributed by atoms with Gasteiger partial charge in [0.2, 0.25) is 5.91 Å². The number of hydrogen-bond acceptors (Lipinski definition) is 4. The Morgan fingerprint density at radius 2 is 1.82 bits per heavy atom. The van der Waals surface area contributed by atoms with Crippen LogP contribution in [-0.4, -0.2) is 48.5 Å². The monoisotopic (exact) mass is 465 g/mol. The summed E-state index contributed by atoms with van der Waals surface area (Å²) in [5.74, 6) is -0.596. The van der Waals surface area contributed by atoms with Crippen molar-refractivity contribution in [2.24, 2.45) is 5.92 Å². The number of likely N-dealkylation sites (N-methyl/N-ethyl adjacent to an activating group) is 1. The van der Waals surface area contributed by atoms with Gasteiger partial charge in [-0.05, 0) is 42.0 Å². The molecule has 0 aliphatic carbocycles. The molecule has 0 bridgehead atoms. The first-order valence-corrected chi connectivity index (χ1v) is 11.5. The number of nitrogens with one attached hydrogen (secondary N) is 1. The zero-order chi connectivity index (χ0) is 24.7. The van der Waals surface area contributed by atoms with E-state index in [9.17, 15) is 14.0 Å². The minimum atomic E-state index is -0.580. The molecule has 7 nitrogen and oxygen atoms in total. The number of carbonyl (C=O) groups is 2. The average Bonchev–Trinajstić information content (AvgIpc) is 3.25. The van der Waals surface area contributed by atoms with E-state index in [1.807, 2.05) is 29.3 Å². The molecule has 2 amide bonds. The third kappa shape index (κ3) is 6.55. The van der Waals surface area contributed by atoms with Crippen molar-refractivity contribution in [3.05, 3.63) is 70.8 Å². The normalized spacial score (nSPS) is 12.8. The van der Waals surface area contributed by atoms with Gasteiger partial charge in [-0.25, -0.2) is 14.2 Å². The molecule has 1 heterocycles. The quantitative estimate of drug-likeness (QED) is 0.424. The van der Waals surface area contributed by atoms with E-state index in [-0.39, 0.29) is 36.3 Å². The highest BCUT2D eigenvalue weighted by atomic mass is 19.1. The van der Waals surface area contributed by atoms with E-state index < -0.39 is 5.82 Å². The maximum absolute atomic E-state index is 14.7. The van der Waals surface area contributed by atoms with E-state index in [1.54, 1.807) is 7.05 Å². The highest BCUT2D eigenvalue weighted by Crippen LogP contribution is 2.27. The second-order valence-corrected chi connectivity index (χ2v) is 9.00. The molecule has 1 N–H and O–H groups in total. The van der Waals surface area contributed by atoms with Crippen LogP contribution in [-0.2, 0) is 22.7 Å². The summed E-state index contributed by atoms with van der Waals surface area (Å²) in [6, 6.07) is 12.0. The van der Waals surface area contributed by atoms with Crippen molar-refractivity contribution < 1.29 is 14.0 Å². The molecule has 1 aliphatic heterocycles. The van der Waals surface area contributed by atoms with Crippen molar-refractivity contribution in [2.45, 2.75) is 39.8 Å².